The molecule has 1 rings (SSSR count). The van der Waals surface area contributed by atoms with Crippen molar-refractivity contribution < 1.29 is 9.90 Å². The van der Waals surface area contributed by atoms with Crippen LogP contribution in [0.15, 0.2) is 24.3 Å². The summed E-state index contributed by atoms with van der Waals surface area (Å²) < 4.78 is 0. The maximum absolute atomic E-state index is 12.5. The second-order valence-electron chi connectivity index (χ2n) is 7.20. The highest BCUT2D eigenvalue weighted by Gasteiger charge is 2.17. The van der Waals surface area contributed by atoms with Crippen LogP contribution in [0, 0.1) is 5.92 Å². The SMILES string of the molecule is CC(C)CN(CCN(C)C)C(=O)NC(C)CCc1ccc(O)cc1. The fraction of sp³-hybridized carbons (Fsp3) is 0.632. The second kappa shape index (κ2) is 10.2. The lowest BCUT2D eigenvalue weighted by Crippen LogP contribution is -2.47. The number of likely N-dealkylation sites (N-methyl/N-ethyl adjacent to an activating group) is 1. The molecule has 0 bridgehead atoms. The standard InChI is InChI=1S/C19H33N3O2/c1-15(2)14-22(13-12-21(4)5)19(24)20-16(3)6-7-17-8-10-18(23)11-9-17/h8-11,15-16,23H,6-7,12-14H2,1-5H3,(H,20,24). The molecule has 24 heavy (non-hydrogen) atoms. The van der Waals surface area contributed by atoms with E-state index >= 15 is 0 Å². The summed E-state index contributed by atoms with van der Waals surface area (Å²) in [6.07, 6.45) is 1.75. The van der Waals surface area contributed by atoms with Crippen molar-refractivity contribution in [3.05, 3.63) is 29.8 Å². The fourth-order valence-corrected chi connectivity index (χ4v) is 2.46. The zero-order chi connectivity index (χ0) is 18.1. The smallest absolute Gasteiger partial charge is 0.317 e. The number of hydrogen-bond donors (Lipinski definition) is 2. The Morgan fingerprint density at radius 3 is 2.29 bits per heavy atom. The molecule has 5 nitrogen and oxygen atoms in total. The fourth-order valence-electron chi connectivity index (χ4n) is 2.46. The Hall–Kier alpha value is -1.75. The van der Waals surface area contributed by atoms with Crippen molar-refractivity contribution in [1.82, 2.24) is 15.1 Å². The van der Waals surface area contributed by atoms with Crippen LogP contribution in [-0.2, 0) is 6.42 Å². The van der Waals surface area contributed by atoms with Gasteiger partial charge in [0.15, 0.2) is 0 Å². The number of nitrogens with zero attached hydrogens (tertiary/aromatic N) is 2. The molecule has 5 heteroatoms. The second-order valence-corrected chi connectivity index (χ2v) is 7.20. The molecular formula is C19H33N3O2. The third kappa shape index (κ3) is 8.20. The quantitative estimate of drug-likeness (QED) is 0.729. The van der Waals surface area contributed by atoms with Crippen molar-refractivity contribution in [3.63, 3.8) is 0 Å². The first-order chi connectivity index (χ1) is 11.3. The van der Waals surface area contributed by atoms with Crippen LogP contribution in [0.3, 0.4) is 0 Å². The number of phenolic OH excluding ortho intramolecular Hbond substituents is 1. The first kappa shape index (κ1) is 20.3. The summed E-state index contributed by atoms with van der Waals surface area (Å²) in [4.78, 5) is 16.5. The summed E-state index contributed by atoms with van der Waals surface area (Å²) in [5.41, 5.74) is 1.17. The Bertz CT molecular complexity index is 486. The van der Waals surface area contributed by atoms with Gasteiger partial charge in [0.2, 0.25) is 0 Å². The van der Waals surface area contributed by atoms with Crippen LogP contribution in [0.25, 0.3) is 0 Å². The van der Waals surface area contributed by atoms with Gasteiger partial charge in [-0.05, 0) is 57.5 Å². The average molecular weight is 335 g/mol. The van der Waals surface area contributed by atoms with E-state index in [1.165, 1.54) is 5.56 Å². The normalized spacial score (nSPS) is 12.5. The van der Waals surface area contributed by atoms with E-state index in [0.717, 1.165) is 32.5 Å². The summed E-state index contributed by atoms with van der Waals surface area (Å²) >= 11 is 0. The molecule has 1 aromatic carbocycles. The lowest BCUT2D eigenvalue weighted by atomic mass is 10.1. The van der Waals surface area contributed by atoms with Crippen molar-refractivity contribution in [2.24, 2.45) is 5.92 Å². The highest BCUT2D eigenvalue weighted by molar-refractivity contribution is 5.74. The van der Waals surface area contributed by atoms with E-state index < -0.39 is 0 Å². The van der Waals surface area contributed by atoms with E-state index in [2.05, 4.69) is 24.1 Å². The van der Waals surface area contributed by atoms with Gasteiger partial charge in [0.05, 0.1) is 0 Å². The Balaban J connectivity index is 2.47. The summed E-state index contributed by atoms with van der Waals surface area (Å²) in [7, 11) is 4.04. The van der Waals surface area contributed by atoms with Gasteiger partial charge in [0.25, 0.3) is 0 Å². The summed E-state index contributed by atoms with van der Waals surface area (Å²) in [5, 5.41) is 12.4. The third-order valence-corrected chi connectivity index (χ3v) is 3.86. The van der Waals surface area contributed by atoms with E-state index in [1.54, 1.807) is 12.1 Å². The molecular weight excluding hydrogens is 302 g/mol. The predicted octanol–water partition coefficient (Wildman–Crippen LogP) is 2.94. The molecule has 0 spiro atoms. The molecule has 1 atom stereocenters. The minimum Gasteiger partial charge on any atom is -0.508 e. The molecule has 0 aliphatic rings. The highest BCUT2D eigenvalue weighted by atomic mass is 16.3. The Labute approximate surface area is 146 Å². The summed E-state index contributed by atoms with van der Waals surface area (Å²) in [6, 6.07) is 7.37. The molecule has 2 amide bonds. The van der Waals surface area contributed by atoms with E-state index in [0.29, 0.717) is 5.92 Å². The Kier molecular flexibility index (Phi) is 8.61. The number of carbonyl (C=O) groups excluding carboxylic acids is 1. The van der Waals surface area contributed by atoms with Gasteiger partial charge in [-0.15, -0.1) is 0 Å². The van der Waals surface area contributed by atoms with Gasteiger partial charge in [-0.25, -0.2) is 4.79 Å². The van der Waals surface area contributed by atoms with Gasteiger partial charge < -0.3 is 20.2 Å². The molecule has 0 aliphatic carbocycles. The molecule has 0 heterocycles. The number of nitrogens with one attached hydrogen (secondary N) is 1. The number of amides is 2. The molecule has 1 unspecified atom stereocenters. The van der Waals surface area contributed by atoms with Gasteiger partial charge in [0, 0.05) is 25.7 Å². The zero-order valence-electron chi connectivity index (χ0n) is 15.7. The number of rotatable bonds is 9. The van der Waals surface area contributed by atoms with Gasteiger partial charge in [-0.2, -0.15) is 0 Å². The Morgan fingerprint density at radius 1 is 1.12 bits per heavy atom. The number of carbonyl (C=O) groups is 1. The van der Waals surface area contributed by atoms with Crippen LogP contribution < -0.4 is 5.32 Å². The molecule has 0 fully saturated rings. The lowest BCUT2D eigenvalue weighted by Gasteiger charge is -2.28. The molecule has 0 aromatic heterocycles. The molecule has 1 aromatic rings. The predicted molar refractivity (Wildman–Crippen MR) is 99.4 cm³/mol. The van der Waals surface area contributed by atoms with Gasteiger partial charge in [-0.1, -0.05) is 26.0 Å². The molecule has 2 N–H and O–H groups in total. The lowest BCUT2D eigenvalue weighted by molar-refractivity contribution is 0.181. The van der Waals surface area contributed by atoms with Crippen molar-refractivity contribution in [3.8, 4) is 5.75 Å². The van der Waals surface area contributed by atoms with Crippen LogP contribution in [0.5, 0.6) is 5.75 Å². The van der Waals surface area contributed by atoms with Crippen molar-refractivity contribution >= 4 is 6.03 Å². The number of aryl methyl sites for hydroxylation is 1. The molecule has 136 valence electrons. The van der Waals surface area contributed by atoms with Crippen LogP contribution in [0.2, 0.25) is 0 Å². The summed E-state index contributed by atoms with van der Waals surface area (Å²) in [6.45, 7) is 8.67. The van der Waals surface area contributed by atoms with Crippen molar-refractivity contribution in [2.45, 2.75) is 39.7 Å². The van der Waals surface area contributed by atoms with Crippen molar-refractivity contribution in [2.75, 3.05) is 33.7 Å². The topological polar surface area (TPSA) is 55.8 Å². The van der Waals surface area contributed by atoms with Crippen LogP contribution in [-0.4, -0.2) is 60.7 Å². The van der Waals surface area contributed by atoms with E-state index in [9.17, 15) is 9.90 Å². The first-order valence-electron chi connectivity index (χ1n) is 8.76. The number of benzene rings is 1. The van der Waals surface area contributed by atoms with Gasteiger partial charge >= 0.3 is 6.03 Å². The molecule has 0 radical (unpaired) electrons. The maximum Gasteiger partial charge on any atom is 0.317 e. The number of urea groups is 1. The highest BCUT2D eigenvalue weighted by Crippen LogP contribution is 2.12. The maximum atomic E-state index is 12.5. The monoisotopic (exact) mass is 335 g/mol. The molecule has 0 aliphatic heterocycles. The van der Waals surface area contributed by atoms with Crippen LogP contribution in [0.4, 0.5) is 4.79 Å². The van der Waals surface area contributed by atoms with E-state index in [4.69, 9.17) is 0 Å². The largest absolute Gasteiger partial charge is 0.508 e. The number of hydrogen-bond acceptors (Lipinski definition) is 3. The Morgan fingerprint density at radius 2 is 1.75 bits per heavy atom. The average Bonchev–Trinajstić information content (AvgIpc) is 2.50. The van der Waals surface area contributed by atoms with E-state index in [1.807, 2.05) is 38.1 Å². The van der Waals surface area contributed by atoms with Gasteiger partial charge in [0.1, 0.15) is 5.75 Å². The summed E-state index contributed by atoms with van der Waals surface area (Å²) in [5.74, 6) is 0.732. The zero-order valence-corrected chi connectivity index (χ0v) is 15.7. The van der Waals surface area contributed by atoms with Crippen LogP contribution in [0.1, 0.15) is 32.8 Å². The molecule has 0 saturated carbocycles. The first-order valence-corrected chi connectivity index (χ1v) is 8.76. The minimum absolute atomic E-state index is 0.0174. The van der Waals surface area contributed by atoms with Gasteiger partial charge in [-0.3, -0.25) is 0 Å². The molecule has 0 saturated heterocycles. The van der Waals surface area contributed by atoms with Crippen LogP contribution >= 0.6 is 0 Å². The van der Waals surface area contributed by atoms with E-state index in [-0.39, 0.29) is 17.8 Å². The third-order valence-electron chi connectivity index (χ3n) is 3.86. The minimum atomic E-state index is 0.0174. The van der Waals surface area contributed by atoms with Crippen molar-refractivity contribution in [1.29, 1.82) is 0 Å². The number of phenols is 1. The number of aromatic hydroxyl groups is 1.